The van der Waals surface area contributed by atoms with Crippen LogP contribution in [0.2, 0.25) is 0 Å². The largest absolute Gasteiger partial charge is 0.431 e. The minimum Gasteiger partial charge on any atom is -0.302 e. The summed E-state index contributed by atoms with van der Waals surface area (Å²) in [7, 11) is 0. The Kier molecular flexibility index (Phi) is 3.01. The molecule has 3 aromatic rings. The first-order valence-corrected chi connectivity index (χ1v) is 6.11. The van der Waals surface area contributed by atoms with E-state index in [1.54, 1.807) is 23.2 Å². The second-order valence-corrected chi connectivity index (χ2v) is 4.54. The minimum absolute atomic E-state index is 0.00294. The molecule has 0 radical (unpaired) electrons. The maximum absolute atomic E-state index is 12.7. The van der Waals surface area contributed by atoms with Gasteiger partial charge in [-0.15, -0.1) is 0 Å². The molecule has 3 nitrogen and oxygen atoms in total. The zero-order chi connectivity index (χ0) is 15.0. The standard InChI is InChI=1S/C15H9F3N2O/c16-15(17,18)13-8-12(19-14(21)20-13)11-6-5-9-3-1-2-4-10(9)7-11/h1-8H,(H,19,20,21). The van der Waals surface area contributed by atoms with Crippen molar-refractivity contribution >= 4 is 10.8 Å². The summed E-state index contributed by atoms with van der Waals surface area (Å²) in [6.45, 7) is 0. The van der Waals surface area contributed by atoms with Crippen LogP contribution in [0.4, 0.5) is 13.2 Å². The van der Waals surface area contributed by atoms with Gasteiger partial charge in [-0.25, -0.2) is 4.79 Å². The van der Waals surface area contributed by atoms with Crippen LogP contribution < -0.4 is 5.69 Å². The number of hydrogen-bond donors (Lipinski definition) is 1. The number of rotatable bonds is 1. The van der Waals surface area contributed by atoms with Crippen LogP contribution in [0.5, 0.6) is 0 Å². The topological polar surface area (TPSA) is 45.8 Å². The van der Waals surface area contributed by atoms with Gasteiger partial charge in [0, 0.05) is 5.56 Å². The average Bonchev–Trinajstić information content (AvgIpc) is 2.45. The predicted molar refractivity (Wildman–Crippen MR) is 72.8 cm³/mol. The highest BCUT2D eigenvalue weighted by atomic mass is 19.4. The Morgan fingerprint density at radius 2 is 1.67 bits per heavy atom. The van der Waals surface area contributed by atoms with Gasteiger partial charge in [-0.1, -0.05) is 36.4 Å². The second-order valence-electron chi connectivity index (χ2n) is 4.54. The number of aromatic amines is 1. The molecule has 0 spiro atoms. The van der Waals surface area contributed by atoms with Crippen molar-refractivity contribution in [2.24, 2.45) is 0 Å². The highest BCUT2D eigenvalue weighted by Gasteiger charge is 2.32. The Morgan fingerprint density at radius 3 is 2.38 bits per heavy atom. The quantitative estimate of drug-likeness (QED) is 0.744. The van der Waals surface area contributed by atoms with E-state index in [1.165, 1.54) is 0 Å². The molecule has 6 heteroatoms. The van der Waals surface area contributed by atoms with Crippen molar-refractivity contribution in [1.82, 2.24) is 9.97 Å². The van der Waals surface area contributed by atoms with E-state index >= 15 is 0 Å². The molecule has 0 amide bonds. The van der Waals surface area contributed by atoms with Crippen molar-refractivity contribution < 1.29 is 13.2 Å². The maximum Gasteiger partial charge on any atom is 0.431 e. The van der Waals surface area contributed by atoms with E-state index in [2.05, 4.69) is 4.98 Å². The molecule has 0 aliphatic rings. The van der Waals surface area contributed by atoms with Gasteiger partial charge < -0.3 is 4.98 Å². The van der Waals surface area contributed by atoms with Crippen molar-refractivity contribution in [2.75, 3.05) is 0 Å². The van der Waals surface area contributed by atoms with Gasteiger partial charge in [0.05, 0.1) is 5.69 Å². The molecule has 0 saturated heterocycles. The Bertz CT molecular complexity index is 868. The Labute approximate surface area is 117 Å². The molecule has 0 atom stereocenters. The summed E-state index contributed by atoms with van der Waals surface area (Å²) >= 11 is 0. The SMILES string of the molecule is O=c1nc(-c2ccc3ccccc3c2)cc(C(F)(F)F)[nH]1. The lowest BCUT2D eigenvalue weighted by Crippen LogP contribution is -2.19. The van der Waals surface area contributed by atoms with Crippen molar-refractivity contribution in [2.45, 2.75) is 6.18 Å². The Hall–Kier alpha value is -2.63. The number of H-pyrrole nitrogens is 1. The summed E-state index contributed by atoms with van der Waals surface area (Å²) in [5, 5.41) is 1.83. The van der Waals surface area contributed by atoms with E-state index in [-0.39, 0.29) is 5.69 Å². The van der Waals surface area contributed by atoms with Crippen LogP contribution in [-0.4, -0.2) is 9.97 Å². The molecule has 0 aliphatic heterocycles. The molecule has 1 N–H and O–H groups in total. The normalized spacial score (nSPS) is 11.8. The number of hydrogen-bond acceptors (Lipinski definition) is 2. The third-order valence-corrected chi connectivity index (χ3v) is 3.10. The minimum atomic E-state index is -4.62. The molecule has 0 aliphatic carbocycles. The fraction of sp³-hybridized carbons (Fsp3) is 0.0667. The summed E-state index contributed by atoms with van der Waals surface area (Å²) in [5.41, 5.74) is -1.67. The van der Waals surface area contributed by atoms with Gasteiger partial charge in [-0.2, -0.15) is 18.2 Å². The third kappa shape index (κ3) is 2.65. The maximum atomic E-state index is 12.7. The van der Waals surface area contributed by atoms with E-state index in [0.29, 0.717) is 5.56 Å². The van der Waals surface area contributed by atoms with Gasteiger partial charge in [0.2, 0.25) is 0 Å². The lowest BCUT2D eigenvalue weighted by molar-refractivity contribution is -0.141. The average molecular weight is 290 g/mol. The van der Waals surface area contributed by atoms with E-state index in [9.17, 15) is 18.0 Å². The summed E-state index contributed by atoms with van der Waals surface area (Å²) in [6, 6.07) is 13.4. The zero-order valence-corrected chi connectivity index (χ0v) is 10.6. The van der Waals surface area contributed by atoms with Gasteiger partial charge in [-0.3, -0.25) is 0 Å². The molecule has 0 saturated carbocycles. The lowest BCUT2D eigenvalue weighted by atomic mass is 10.0. The number of nitrogens with zero attached hydrogens (tertiary/aromatic N) is 1. The molecule has 2 aromatic carbocycles. The molecule has 106 valence electrons. The molecule has 3 rings (SSSR count). The van der Waals surface area contributed by atoms with Gasteiger partial charge >= 0.3 is 11.9 Å². The zero-order valence-electron chi connectivity index (χ0n) is 10.6. The van der Waals surface area contributed by atoms with Crippen LogP contribution in [0.1, 0.15) is 5.69 Å². The fourth-order valence-corrected chi connectivity index (χ4v) is 2.11. The molecular formula is C15H9F3N2O. The first-order chi connectivity index (χ1) is 9.93. The smallest absolute Gasteiger partial charge is 0.302 e. The van der Waals surface area contributed by atoms with Crippen molar-refractivity contribution in [3.05, 3.63) is 64.7 Å². The number of aromatic nitrogens is 2. The van der Waals surface area contributed by atoms with Crippen molar-refractivity contribution in [3.8, 4) is 11.3 Å². The van der Waals surface area contributed by atoms with Crippen LogP contribution in [-0.2, 0) is 6.18 Å². The van der Waals surface area contributed by atoms with E-state index in [0.717, 1.165) is 16.8 Å². The highest BCUT2D eigenvalue weighted by molar-refractivity contribution is 5.86. The Balaban J connectivity index is 2.18. The molecular weight excluding hydrogens is 281 g/mol. The number of nitrogens with one attached hydrogen (secondary N) is 1. The van der Waals surface area contributed by atoms with Gasteiger partial charge in [0.1, 0.15) is 5.69 Å². The summed E-state index contributed by atoms with van der Waals surface area (Å²) < 4.78 is 38.2. The molecule has 1 heterocycles. The Morgan fingerprint density at radius 1 is 0.952 bits per heavy atom. The monoisotopic (exact) mass is 290 g/mol. The number of alkyl halides is 3. The number of halogens is 3. The fourth-order valence-electron chi connectivity index (χ4n) is 2.11. The molecule has 0 unspecified atom stereocenters. The van der Waals surface area contributed by atoms with Gasteiger partial charge in [0.15, 0.2) is 0 Å². The number of benzene rings is 2. The van der Waals surface area contributed by atoms with Crippen LogP contribution >= 0.6 is 0 Å². The van der Waals surface area contributed by atoms with Crippen molar-refractivity contribution in [3.63, 3.8) is 0 Å². The summed E-state index contributed by atoms with van der Waals surface area (Å²) in [6.07, 6.45) is -4.62. The molecule has 21 heavy (non-hydrogen) atoms. The predicted octanol–water partition coefficient (Wildman–Crippen LogP) is 3.61. The third-order valence-electron chi connectivity index (χ3n) is 3.10. The van der Waals surface area contributed by atoms with Crippen molar-refractivity contribution in [1.29, 1.82) is 0 Å². The first kappa shape index (κ1) is 13.4. The lowest BCUT2D eigenvalue weighted by Gasteiger charge is -2.08. The van der Waals surface area contributed by atoms with Gasteiger partial charge in [0.25, 0.3) is 0 Å². The van der Waals surface area contributed by atoms with Gasteiger partial charge in [-0.05, 0) is 22.9 Å². The van der Waals surface area contributed by atoms with Crippen LogP contribution in [0.15, 0.2) is 53.3 Å². The van der Waals surface area contributed by atoms with E-state index < -0.39 is 17.6 Å². The second kappa shape index (κ2) is 4.73. The highest BCUT2D eigenvalue weighted by Crippen LogP contribution is 2.29. The summed E-state index contributed by atoms with van der Waals surface area (Å²) in [5.74, 6) is 0. The summed E-state index contributed by atoms with van der Waals surface area (Å²) in [4.78, 5) is 16.6. The molecule has 0 fully saturated rings. The van der Waals surface area contributed by atoms with Crippen LogP contribution in [0, 0.1) is 0 Å². The van der Waals surface area contributed by atoms with Crippen LogP contribution in [0.3, 0.4) is 0 Å². The van der Waals surface area contributed by atoms with E-state index in [1.807, 2.05) is 24.3 Å². The number of fused-ring (bicyclic) bond motifs is 1. The molecule has 1 aromatic heterocycles. The molecule has 0 bridgehead atoms. The van der Waals surface area contributed by atoms with E-state index in [4.69, 9.17) is 0 Å². The first-order valence-electron chi connectivity index (χ1n) is 6.11. The van der Waals surface area contributed by atoms with Crippen LogP contribution in [0.25, 0.3) is 22.0 Å².